The molecule has 0 radical (unpaired) electrons. The SMILES string of the molecule is COc1ccc(C(=O)NCCc2nnc(C(C)C)o2)cc1OC. The summed E-state index contributed by atoms with van der Waals surface area (Å²) in [5.74, 6) is 2.20. The third-order valence-electron chi connectivity index (χ3n) is 3.25. The first-order chi connectivity index (χ1) is 11.0. The van der Waals surface area contributed by atoms with Gasteiger partial charge in [-0.1, -0.05) is 13.8 Å². The van der Waals surface area contributed by atoms with Crippen molar-refractivity contribution in [2.75, 3.05) is 20.8 Å². The van der Waals surface area contributed by atoms with E-state index in [9.17, 15) is 4.79 Å². The summed E-state index contributed by atoms with van der Waals surface area (Å²) in [5.41, 5.74) is 0.496. The van der Waals surface area contributed by atoms with Crippen LogP contribution in [-0.2, 0) is 6.42 Å². The maximum atomic E-state index is 12.1. The smallest absolute Gasteiger partial charge is 0.251 e. The van der Waals surface area contributed by atoms with Crippen LogP contribution in [0.25, 0.3) is 0 Å². The molecule has 1 aromatic heterocycles. The van der Waals surface area contributed by atoms with Crippen molar-refractivity contribution in [2.24, 2.45) is 0 Å². The summed E-state index contributed by atoms with van der Waals surface area (Å²) < 4.78 is 15.8. The van der Waals surface area contributed by atoms with Gasteiger partial charge in [-0.2, -0.15) is 0 Å². The lowest BCUT2D eigenvalue weighted by Gasteiger charge is -2.09. The van der Waals surface area contributed by atoms with Crippen molar-refractivity contribution >= 4 is 5.91 Å². The van der Waals surface area contributed by atoms with Crippen LogP contribution >= 0.6 is 0 Å². The number of nitrogens with zero attached hydrogens (tertiary/aromatic N) is 2. The van der Waals surface area contributed by atoms with E-state index in [1.807, 2.05) is 13.8 Å². The lowest BCUT2D eigenvalue weighted by atomic mass is 10.2. The van der Waals surface area contributed by atoms with Crippen molar-refractivity contribution in [3.63, 3.8) is 0 Å². The number of ether oxygens (including phenoxy) is 2. The predicted octanol–water partition coefficient (Wildman–Crippen LogP) is 2.18. The Morgan fingerprint density at radius 1 is 1.22 bits per heavy atom. The summed E-state index contributed by atoms with van der Waals surface area (Å²) in [5, 5.41) is 10.7. The van der Waals surface area contributed by atoms with Gasteiger partial charge in [-0.05, 0) is 18.2 Å². The van der Waals surface area contributed by atoms with E-state index in [0.717, 1.165) is 0 Å². The van der Waals surface area contributed by atoms with Gasteiger partial charge in [0.05, 0.1) is 14.2 Å². The molecule has 0 aliphatic heterocycles. The molecule has 0 saturated carbocycles. The molecule has 0 spiro atoms. The highest BCUT2D eigenvalue weighted by Crippen LogP contribution is 2.27. The monoisotopic (exact) mass is 319 g/mol. The molecule has 7 nitrogen and oxygen atoms in total. The molecule has 1 N–H and O–H groups in total. The number of methoxy groups -OCH3 is 2. The zero-order valence-corrected chi connectivity index (χ0v) is 13.8. The Morgan fingerprint density at radius 2 is 1.96 bits per heavy atom. The first-order valence-corrected chi connectivity index (χ1v) is 7.37. The van der Waals surface area contributed by atoms with Crippen molar-refractivity contribution in [2.45, 2.75) is 26.2 Å². The quantitative estimate of drug-likeness (QED) is 0.842. The summed E-state index contributed by atoms with van der Waals surface area (Å²) in [6.45, 7) is 4.37. The van der Waals surface area contributed by atoms with Crippen LogP contribution in [0.15, 0.2) is 22.6 Å². The van der Waals surface area contributed by atoms with Gasteiger partial charge >= 0.3 is 0 Å². The van der Waals surface area contributed by atoms with Crippen LogP contribution in [-0.4, -0.2) is 36.9 Å². The normalized spacial score (nSPS) is 10.7. The minimum atomic E-state index is -0.199. The number of aromatic nitrogens is 2. The molecule has 0 saturated heterocycles. The Hall–Kier alpha value is -2.57. The number of carbonyl (C=O) groups excluding carboxylic acids is 1. The van der Waals surface area contributed by atoms with Gasteiger partial charge in [0.15, 0.2) is 11.5 Å². The van der Waals surface area contributed by atoms with Gasteiger partial charge < -0.3 is 19.2 Å². The van der Waals surface area contributed by atoms with Crippen LogP contribution in [0.4, 0.5) is 0 Å². The van der Waals surface area contributed by atoms with Gasteiger partial charge in [-0.15, -0.1) is 10.2 Å². The van der Waals surface area contributed by atoms with Crippen molar-refractivity contribution in [3.05, 3.63) is 35.5 Å². The Kier molecular flexibility index (Phi) is 5.56. The number of benzene rings is 1. The van der Waals surface area contributed by atoms with Crippen molar-refractivity contribution in [1.82, 2.24) is 15.5 Å². The Bertz CT molecular complexity index is 667. The zero-order valence-electron chi connectivity index (χ0n) is 13.8. The highest BCUT2D eigenvalue weighted by Gasteiger charge is 2.12. The predicted molar refractivity (Wildman–Crippen MR) is 84.0 cm³/mol. The van der Waals surface area contributed by atoms with Gasteiger partial charge in [0.1, 0.15) is 0 Å². The second-order valence-corrected chi connectivity index (χ2v) is 5.26. The molecule has 2 aromatic rings. The molecule has 23 heavy (non-hydrogen) atoms. The van der Waals surface area contributed by atoms with Crippen LogP contribution in [0, 0.1) is 0 Å². The summed E-state index contributed by atoms with van der Waals surface area (Å²) in [6.07, 6.45) is 0.485. The average molecular weight is 319 g/mol. The summed E-state index contributed by atoms with van der Waals surface area (Å²) in [7, 11) is 3.08. The molecule has 1 heterocycles. The standard InChI is InChI=1S/C16H21N3O4/c1-10(2)16-19-18-14(23-16)7-8-17-15(20)11-5-6-12(21-3)13(9-11)22-4/h5-6,9-10H,7-8H2,1-4H3,(H,17,20). The molecule has 0 fully saturated rings. The minimum absolute atomic E-state index is 0.192. The molecule has 0 unspecified atom stereocenters. The van der Waals surface area contributed by atoms with E-state index >= 15 is 0 Å². The topological polar surface area (TPSA) is 86.5 Å². The lowest BCUT2D eigenvalue weighted by Crippen LogP contribution is -2.25. The highest BCUT2D eigenvalue weighted by molar-refractivity contribution is 5.94. The fraction of sp³-hybridized carbons (Fsp3) is 0.438. The Morgan fingerprint density at radius 3 is 2.57 bits per heavy atom. The first-order valence-electron chi connectivity index (χ1n) is 7.37. The van der Waals surface area contributed by atoms with E-state index in [2.05, 4.69) is 15.5 Å². The molecule has 0 bridgehead atoms. The van der Waals surface area contributed by atoms with E-state index in [1.54, 1.807) is 25.3 Å². The third kappa shape index (κ3) is 4.21. The number of amides is 1. The van der Waals surface area contributed by atoms with Gasteiger partial charge in [0, 0.05) is 24.4 Å². The van der Waals surface area contributed by atoms with Crippen molar-refractivity contribution in [1.29, 1.82) is 0 Å². The van der Waals surface area contributed by atoms with Crippen molar-refractivity contribution in [3.8, 4) is 11.5 Å². The number of nitrogens with one attached hydrogen (secondary N) is 1. The second kappa shape index (κ2) is 7.62. The van der Waals surface area contributed by atoms with Crippen LogP contribution in [0.2, 0.25) is 0 Å². The average Bonchev–Trinajstić information content (AvgIpc) is 3.03. The van der Waals surface area contributed by atoms with Gasteiger partial charge in [-0.25, -0.2) is 0 Å². The van der Waals surface area contributed by atoms with Gasteiger partial charge in [0.25, 0.3) is 5.91 Å². The molecular formula is C16H21N3O4. The highest BCUT2D eigenvalue weighted by atomic mass is 16.5. The molecule has 0 atom stereocenters. The maximum Gasteiger partial charge on any atom is 0.251 e. The molecule has 124 valence electrons. The maximum absolute atomic E-state index is 12.1. The fourth-order valence-corrected chi connectivity index (χ4v) is 1.96. The van der Waals surface area contributed by atoms with Crippen LogP contribution in [0.5, 0.6) is 11.5 Å². The zero-order chi connectivity index (χ0) is 16.8. The molecule has 1 aromatic carbocycles. The molecule has 0 aliphatic rings. The number of hydrogen-bond acceptors (Lipinski definition) is 6. The third-order valence-corrected chi connectivity index (χ3v) is 3.25. The Labute approximate surface area is 135 Å². The molecular weight excluding hydrogens is 298 g/mol. The molecule has 7 heteroatoms. The van der Waals surface area contributed by atoms with E-state index in [-0.39, 0.29) is 11.8 Å². The first kappa shape index (κ1) is 16.8. The van der Waals surface area contributed by atoms with E-state index in [4.69, 9.17) is 13.9 Å². The van der Waals surface area contributed by atoms with E-state index in [0.29, 0.717) is 41.8 Å². The summed E-state index contributed by atoms with van der Waals surface area (Å²) >= 11 is 0. The molecule has 1 amide bonds. The fourth-order valence-electron chi connectivity index (χ4n) is 1.96. The molecule has 2 rings (SSSR count). The second-order valence-electron chi connectivity index (χ2n) is 5.26. The summed E-state index contributed by atoms with van der Waals surface area (Å²) in [6, 6.07) is 5.01. The van der Waals surface area contributed by atoms with Gasteiger partial charge in [-0.3, -0.25) is 4.79 Å². The van der Waals surface area contributed by atoms with E-state index in [1.165, 1.54) is 7.11 Å². The van der Waals surface area contributed by atoms with Gasteiger partial charge in [0.2, 0.25) is 11.8 Å². The number of carbonyl (C=O) groups is 1. The van der Waals surface area contributed by atoms with Crippen LogP contribution in [0.3, 0.4) is 0 Å². The van der Waals surface area contributed by atoms with E-state index < -0.39 is 0 Å². The summed E-state index contributed by atoms with van der Waals surface area (Å²) in [4.78, 5) is 12.1. The van der Waals surface area contributed by atoms with Crippen LogP contribution < -0.4 is 14.8 Å². The minimum Gasteiger partial charge on any atom is -0.493 e. The van der Waals surface area contributed by atoms with Crippen molar-refractivity contribution < 1.29 is 18.7 Å². The Balaban J connectivity index is 1.91. The largest absolute Gasteiger partial charge is 0.493 e. The lowest BCUT2D eigenvalue weighted by molar-refractivity contribution is 0.0953. The van der Waals surface area contributed by atoms with Crippen LogP contribution in [0.1, 0.15) is 41.9 Å². The number of hydrogen-bond donors (Lipinski definition) is 1. The number of rotatable bonds is 7. The molecule has 0 aliphatic carbocycles.